The van der Waals surface area contributed by atoms with Crippen LogP contribution in [-0.2, 0) is 32.1 Å². The number of rotatable bonds is 2. The molecule has 0 amide bonds. The van der Waals surface area contributed by atoms with E-state index in [1.165, 1.54) is 4.68 Å². The predicted octanol–water partition coefficient (Wildman–Crippen LogP) is 2.68. The fourth-order valence-corrected chi connectivity index (χ4v) is 1.87. The number of halogens is 2. The van der Waals surface area contributed by atoms with Crippen molar-refractivity contribution in [3.8, 4) is 0 Å². The Labute approximate surface area is 133 Å². The van der Waals surface area contributed by atoms with Gasteiger partial charge in [-0.15, -0.1) is 5.10 Å². The van der Waals surface area contributed by atoms with E-state index in [-0.39, 0.29) is 19.5 Å². The predicted molar refractivity (Wildman–Crippen MR) is 69.8 cm³/mol. The van der Waals surface area contributed by atoms with Gasteiger partial charge in [0.05, 0.1) is 11.2 Å². The first-order valence-corrected chi connectivity index (χ1v) is 5.83. The Hall–Kier alpha value is -0.547. The van der Waals surface area contributed by atoms with Crippen LogP contribution in [0.1, 0.15) is 11.4 Å². The molecule has 0 fully saturated rings. The minimum atomic E-state index is 0. The number of hydrogen-bond acceptors (Lipinski definition) is 4. The van der Waals surface area contributed by atoms with Gasteiger partial charge in [-0.2, -0.15) is 10.2 Å². The molecular weight excluding hydrogens is 345 g/mol. The van der Waals surface area contributed by atoms with Gasteiger partial charge in [0.2, 0.25) is 0 Å². The molecule has 0 saturated carbocycles. The summed E-state index contributed by atoms with van der Waals surface area (Å²) in [5, 5.41) is 13.1. The number of aryl methyl sites for hydroxylation is 1. The standard InChI is InChI=1S/C10H8Cl2N4S.Zn/c1-6-14-15-10(17)16(6)13-5-7-2-3-8(11)4-9(7)12;/h2-5H,1H3,(H,15,17);/q;+2/p-1. The van der Waals surface area contributed by atoms with Gasteiger partial charge in [-0.25, -0.2) is 4.68 Å². The van der Waals surface area contributed by atoms with Crippen molar-refractivity contribution in [1.29, 1.82) is 0 Å². The minimum Gasteiger partial charge on any atom is -0.738 e. The average molecular weight is 352 g/mol. The van der Waals surface area contributed by atoms with E-state index in [1.54, 1.807) is 31.3 Å². The molecule has 0 aliphatic heterocycles. The van der Waals surface area contributed by atoms with Crippen molar-refractivity contribution in [2.24, 2.45) is 5.10 Å². The molecule has 0 atom stereocenters. The van der Waals surface area contributed by atoms with Gasteiger partial charge in [0.25, 0.3) is 0 Å². The van der Waals surface area contributed by atoms with Crippen molar-refractivity contribution in [2.75, 3.05) is 0 Å². The van der Waals surface area contributed by atoms with E-state index >= 15 is 0 Å². The molecule has 0 unspecified atom stereocenters. The Kier molecular flexibility index (Phi) is 5.66. The molecule has 2 aromatic rings. The van der Waals surface area contributed by atoms with Crippen LogP contribution in [0.4, 0.5) is 0 Å². The Bertz CT molecular complexity index is 566. The molecule has 0 radical (unpaired) electrons. The fourth-order valence-electron chi connectivity index (χ4n) is 1.20. The summed E-state index contributed by atoms with van der Waals surface area (Å²) >= 11 is 16.8. The van der Waals surface area contributed by atoms with Crippen LogP contribution in [0.15, 0.2) is 28.5 Å². The second-order valence-electron chi connectivity index (χ2n) is 3.25. The third-order valence-corrected chi connectivity index (χ3v) is 2.86. The largest absolute Gasteiger partial charge is 2.00 e. The van der Waals surface area contributed by atoms with Crippen LogP contribution in [0.5, 0.6) is 0 Å². The van der Waals surface area contributed by atoms with E-state index < -0.39 is 0 Å². The zero-order valence-corrected chi connectivity index (χ0v) is 14.8. The molecule has 0 spiro atoms. The Balaban J connectivity index is 0.00000162. The van der Waals surface area contributed by atoms with Crippen LogP contribution in [0, 0.1) is 6.92 Å². The summed E-state index contributed by atoms with van der Waals surface area (Å²) in [5.41, 5.74) is 0.749. The maximum absolute atomic E-state index is 6.01. The number of hydrogen-bond donors (Lipinski definition) is 0. The molecule has 2 rings (SSSR count). The number of benzene rings is 1. The van der Waals surface area contributed by atoms with E-state index in [9.17, 15) is 0 Å². The second kappa shape index (κ2) is 6.57. The van der Waals surface area contributed by atoms with E-state index in [4.69, 9.17) is 35.8 Å². The number of nitrogens with zero attached hydrogens (tertiary/aromatic N) is 4. The molecule has 88 valence electrons. The Morgan fingerprint density at radius 1 is 1.33 bits per heavy atom. The van der Waals surface area contributed by atoms with E-state index in [1.807, 2.05) is 0 Å². The topological polar surface area (TPSA) is 43.1 Å². The van der Waals surface area contributed by atoms with Crippen molar-refractivity contribution in [3.63, 3.8) is 0 Å². The van der Waals surface area contributed by atoms with E-state index in [0.717, 1.165) is 5.56 Å². The molecule has 0 N–H and O–H groups in total. The van der Waals surface area contributed by atoms with Crippen LogP contribution in [0.2, 0.25) is 10.0 Å². The van der Waals surface area contributed by atoms with E-state index in [0.29, 0.717) is 21.0 Å². The van der Waals surface area contributed by atoms with E-state index in [2.05, 4.69) is 15.3 Å². The van der Waals surface area contributed by atoms with Crippen molar-refractivity contribution in [3.05, 3.63) is 39.6 Å². The minimum absolute atomic E-state index is 0. The molecule has 0 aliphatic carbocycles. The summed E-state index contributed by atoms with van der Waals surface area (Å²) < 4.78 is 1.46. The fraction of sp³-hybridized carbons (Fsp3) is 0.100. The van der Waals surface area contributed by atoms with Crippen molar-refractivity contribution in [1.82, 2.24) is 14.9 Å². The zero-order chi connectivity index (χ0) is 12.4. The third-order valence-electron chi connectivity index (χ3n) is 2.04. The molecule has 1 aromatic heterocycles. The van der Waals surface area contributed by atoms with Gasteiger partial charge < -0.3 is 12.6 Å². The summed E-state index contributed by atoms with van der Waals surface area (Å²) in [7, 11) is 0. The molecule has 1 aromatic carbocycles. The van der Waals surface area contributed by atoms with Crippen molar-refractivity contribution >= 4 is 42.0 Å². The number of aromatic nitrogens is 3. The quantitative estimate of drug-likeness (QED) is 0.475. The molecule has 0 saturated heterocycles. The van der Waals surface area contributed by atoms with Gasteiger partial charge in [-0.1, -0.05) is 29.3 Å². The molecule has 4 nitrogen and oxygen atoms in total. The van der Waals surface area contributed by atoms with Gasteiger partial charge in [-0.3, -0.25) is 0 Å². The molecule has 1 heterocycles. The first-order chi connectivity index (χ1) is 8.08. The third kappa shape index (κ3) is 3.48. The molecular formula is C10H7Cl2N4SZn+. The molecule has 18 heavy (non-hydrogen) atoms. The maximum atomic E-state index is 6.01. The monoisotopic (exact) mass is 349 g/mol. The molecule has 0 bridgehead atoms. The average Bonchev–Trinajstić information content (AvgIpc) is 2.58. The smallest absolute Gasteiger partial charge is 0.738 e. The van der Waals surface area contributed by atoms with Crippen LogP contribution in [0.25, 0.3) is 0 Å². The zero-order valence-electron chi connectivity index (χ0n) is 9.47. The van der Waals surface area contributed by atoms with Gasteiger partial charge in [-0.05, 0) is 19.1 Å². The Morgan fingerprint density at radius 3 is 2.61 bits per heavy atom. The maximum Gasteiger partial charge on any atom is 2.00 e. The van der Waals surface area contributed by atoms with Gasteiger partial charge in [0, 0.05) is 15.7 Å². The van der Waals surface area contributed by atoms with Crippen LogP contribution >= 0.6 is 23.2 Å². The summed E-state index contributed by atoms with van der Waals surface area (Å²) in [4.78, 5) is 0. The normalized spacial score (nSPS) is 10.6. The van der Waals surface area contributed by atoms with Gasteiger partial charge >= 0.3 is 19.5 Å². The van der Waals surface area contributed by atoms with Gasteiger partial charge in [0.1, 0.15) is 5.82 Å². The Morgan fingerprint density at radius 2 is 2.06 bits per heavy atom. The summed E-state index contributed by atoms with van der Waals surface area (Å²) in [6.45, 7) is 1.77. The summed E-state index contributed by atoms with van der Waals surface area (Å²) in [6, 6.07) is 5.16. The van der Waals surface area contributed by atoms with Crippen LogP contribution in [0.3, 0.4) is 0 Å². The van der Waals surface area contributed by atoms with Crippen LogP contribution in [-0.4, -0.2) is 21.1 Å². The second-order valence-corrected chi connectivity index (χ2v) is 4.46. The molecule has 8 heteroatoms. The van der Waals surface area contributed by atoms with Gasteiger partial charge in [0.15, 0.2) is 0 Å². The van der Waals surface area contributed by atoms with Crippen molar-refractivity contribution in [2.45, 2.75) is 12.1 Å². The van der Waals surface area contributed by atoms with Crippen LogP contribution < -0.4 is 0 Å². The summed E-state index contributed by atoms with van der Waals surface area (Å²) in [5.74, 6) is 0.622. The first kappa shape index (κ1) is 15.5. The molecule has 0 aliphatic rings. The first-order valence-electron chi connectivity index (χ1n) is 4.66. The SMILES string of the molecule is Cc1nnc([S-])n1N=Cc1ccc(Cl)cc1Cl.[Zn+2]. The van der Waals surface area contributed by atoms with Crippen molar-refractivity contribution < 1.29 is 19.5 Å². The summed E-state index contributed by atoms with van der Waals surface area (Å²) in [6.07, 6.45) is 1.59.